The highest BCUT2D eigenvalue weighted by Gasteiger charge is 2.26. The molecule has 2 aliphatic heterocycles. The van der Waals surface area contributed by atoms with Gasteiger partial charge in [0.15, 0.2) is 0 Å². The first kappa shape index (κ1) is 29.4. The molecule has 0 N–H and O–H groups in total. The van der Waals surface area contributed by atoms with Crippen molar-refractivity contribution >= 4 is 11.6 Å². The number of carbonyl (C=O) groups excluding carboxylic acids is 1. The van der Waals surface area contributed by atoms with Gasteiger partial charge in [-0.05, 0) is 74.7 Å². The number of amides is 1. The van der Waals surface area contributed by atoms with E-state index in [1.165, 1.54) is 11.6 Å². The van der Waals surface area contributed by atoms with E-state index in [-0.39, 0.29) is 23.4 Å². The van der Waals surface area contributed by atoms with Gasteiger partial charge < -0.3 is 24.0 Å². The molecule has 2 heterocycles. The third kappa shape index (κ3) is 7.79. The lowest BCUT2D eigenvalue weighted by molar-refractivity contribution is -0.385. The van der Waals surface area contributed by atoms with Crippen molar-refractivity contribution in [1.82, 2.24) is 9.80 Å². The van der Waals surface area contributed by atoms with E-state index in [0.29, 0.717) is 37.8 Å². The summed E-state index contributed by atoms with van der Waals surface area (Å²) in [5.74, 6) is 3.17. The summed E-state index contributed by atoms with van der Waals surface area (Å²) in [5.41, 5.74) is 1.27. The molecule has 0 aromatic heterocycles. The fourth-order valence-electron chi connectivity index (χ4n) is 5.74. The number of hydrogen-bond donors (Lipinski definition) is 0. The van der Waals surface area contributed by atoms with E-state index in [2.05, 4.69) is 17.0 Å². The van der Waals surface area contributed by atoms with E-state index in [0.717, 1.165) is 56.8 Å². The molecule has 0 saturated carbocycles. The van der Waals surface area contributed by atoms with Crippen molar-refractivity contribution in [3.63, 3.8) is 0 Å². The second kappa shape index (κ2) is 14.2. The van der Waals surface area contributed by atoms with E-state index in [4.69, 9.17) is 14.2 Å². The molecule has 9 heteroatoms. The summed E-state index contributed by atoms with van der Waals surface area (Å²) in [7, 11) is 0. The predicted molar refractivity (Wildman–Crippen MR) is 160 cm³/mol. The fourth-order valence-corrected chi connectivity index (χ4v) is 5.74. The quantitative estimate of drug-likeness (QED) is 0.193. The zero-order chi connectivity index (χ0) is 29.3. The number of hydrogen-bond acceptors (Lipinski definition) is 7. The van der Waals surface area contributed by atoms with Crippen molar-refractivity contribution in [2.75, 3.05) is 39.3 Å². The number of carbonyl (C=O) groups is 1. The van der Waals surface area contributed by atoms with Crippen LogP contribution in [0.2, 0.25) is 0 Å². The van der Waals surface area contributed by atoms with Crippen LogP contribution in [0.3, 0.4) is 0 Å². The van der Waals surface area contributed by atoms with Crippen LogP contribution in [0.15, 0.2) is 72.8 Å². The molecule has 9 nitrogen and oxygen atoms in total. The standard InChI is InChI=1S/C33H39N3O6/c1-2-40-32-24-30(12-13-31(32)36(38)39)42-29-16-22-35(23-17-29)33(37)18-21-34-19-14-26(15-20-34)25-8-10-28(11-9-25)41-27-6-4-3-5-7-27/h3-13,24,26,29H,2,14-23H2,1H3. The molecular formula is C33H39N3O6. The summed E-state index contributed by atoms with van der Waals surface area (Å²) >= 11 is 0. The number of nitro groups is 1. The van der Waals surface area contributed by atoms with E-state index < -0.39 is 4.92 Å². The van der Waals surface area contributed by atoms with Gasteiger partial charge in [-0.25, -0.2) is 0 Å². The minimum absolute atomic E-state index is 0.0389. The molecule has 42 heavy (non-hydrogen) atoms. The van der Waals surface area contributed by atoms with Crippen LogP contribution in [0.1, 0.15) is 50.5 Å². The number of benzene rings is 3. The van der Waals surface area contributed by atoms with Crippen LogP contribution in [0.4, 0.5) is 5.69 Å². The first-order chi connectivity index (χ1) is 20.5. The number of piperidine rings is 2. The van der Waals surface area contributed by atoms with Crippen molar-refractivity contribution in [2.45, 2.75) is 51.0 Å². The van der Waals surface area contributed by atoms with Crippen molar-refractivity contribution in [3.8, 4) is 23.0 Å². The Morgan fingerprint density at radius 1 is 0.881 bits per heavy atom. The predicted octanol–water partition coefficient (Wildman–Crippen LogP) is 6.43. The van der Waals surface area contributed by atoms with Crippen LogP contribution in [0, 0.1) is 10.1 Å². The number of likely N-dealkylation sites (tertiary alicyclic amines) is 2. The SMILES string of the molecule is CCOc1cc(OC2CCN(C(=O)CCN3CCC(c4ccc(Oc5ccccc5)cc4)CC3)CC2)ccc1[N+](=O)[O-]. The van der Waals surface area contributed by atoms with Gasteiger partial charge in [-0.2, -0.15) is 0 Å². The highest BCUT2D eigenvalue weighted by molar-refractivity contribution is 5.76. The van der Waals surface area contributed by atoms with Crippen LogP contribution in [-0.4, -0.2) is 66.1 Å². The number of para-hydroxylation sites is 1. The highest BCUT2D eigenvalue weighted by atomic mass is 16.6. The fraction of sp³-hybridized carbons (Fsp3) is 0.424. The van der Waals surface area contributed by atoms with Gasteiger partial charge >= 0.3 is 5.69 Å². The van der Waals surface area contributed by atoms with E-state index in [1.54, 1.807) is 19.1 Å². The average Bonchev–Trinajstić information content (AvgIpc) is 3.02. The Morgan fingerprint density at radius 3 is 2.21 bits per heavy atom. The first-order valence-corrected chi connectivity index (χ1v) is 14.9. The lowest BCUT2D eigenvalue weighted by Crippen LogP contribution is -2.43. The van der Waals surface area contributed by atoms with Crippen molar-refractivity contribution in [2.24, 2.45) is 0 Å². The maximum absolute atomic E-state index is 12.9. The Bertz CT molecular complexity index is 1320. The Morgan fingerprint density at radius 2 is 1.55 bits per heavy atom. The normalized spacial score (nSPS) is 16.6. The zero-order valence-corrected chi connectivity index (χ0v) is 24.2. The van der Waals surface area contributed by atoms with Gasteiger partial charge in [0.1, 0.15) is 23.4 Å². The van der Waals surface area contributed by atoms with Crippen LogP contribution in [-0.2, 0) is 4.79 Å². The second-order valence-electron chi connectivity index (χ2n) is 10.9. The van der Waals surface area contributed by atoms with E-state index in [9.17, 15) is 14.9 Å². The third-order valence-electron chi connectivity index (χ3n) is 8.09. The lowest BCUT2D eigenvalue weighted by atomic mass is 9.89. The Labute approximate surface area is 247 Å². The van der Waals surface area contributed by atoms with Crippen molar-refractivity contribution < 1.29 is 23.9 Å². The van der Waals surface area contributed by atoms with Crippen LogP contribution in [0.5, 0.6) is 23.0 Å². The van der Waals surface area contributed by atoms with Gasteiger partial charge in [0.25, 0.3) is 0 Å². The Kier molecular flexibility index (Phi) is 9.92. The molecule has 2 aliphatic rings. The summed E-state index contributed by atoms with van der Waals surface area (Å²) in [6.45, 7) is 6.21. The molecule has 2 saturated heterocycles. The largest absolute Gasteiger partial charge is 0.490 e. The Hall–Kier alpha value is -4.11. The molecular weight excluding hydrogens is 534 g/mol. The summed E-state index contributed by atoms with van der Waals surface area (Å²) < 4.78 is 17.4. The monoisotopic (exact) mass is 573 g/mol. The van der Waals surface area contributed by atoms with Gasteiger partial charge in [0.2, 0.25) is 11.7 Å². The molecule has 0 spiro atoms. The van der Waals surface area contributed by atoms with E-state index in [1.807, 2.05) is 47.4 Å². The van der Waals surface area contributed by atoms with Gasteiger partial charge in [-0.3, -0.25) is 14.9 Å². The number of ether oxygens (including phenoxy) is 3. The highest BCUT2D eigenvalue weighted by Crippen LogP contribution is 2.33. The third-order valence-corrected chi connectivity index (χ3v) is 8.09. The summed E-state index contributed by atoms with van der Waals surface area (Å²) in [6.07, 6.45) is 4.12. The number of rotatable bonds is 11. The molecule has 222 valence electrons. The first-order valence-electron chi connectivity index (χ1n) is 14.9. The van der Waals surface area contributed by atoms with Gasteiger partial charge in [-0.1, -0.05) is 30.3 Å². The summed E-state index contributed by atoms with van der Waals surface area (Å²) in [4.78, 5) is 28.0. The summed E-state index contributed by atoms with van der Waals surface area (Å²) in [6, 6.07) is 22.9. The van der Waals surface area contributed by atoms with Crippen LogP contribution in [0.25, 0.3) is 0 Å². The number of nitrogens with zero attached hydrogens (tertiary/aromatic N) is 3. The molecule has 2 fully saturated rings. The molecule has 0 unspecified atom stereocenters. The van der Waals surface area contributed by atoms with E-state index >= 15 is 0 Å². The van der Waals surface area contributed by atoms with Gasteiger partial charge in [0, 0.05) is 51.0 Å². The van der Waals surface area contributed by atoms with Crippen molar-refractivity contribution in [1.29, 1.82) is 0 Å². The Balaban J connectivity index is 1.01. The summed E-state index contributed by atoms with van der Waals surface area (Å²) in [5, 5.41) is 11.2. The minimum Gasteiger partial charge on any atom is -0.490 e. The molecule has 0 atom stereocenters. The molecule has 1 amide bonds. The smallest absolute Gasteiger partial charge is 0.311 e. The lowest BCUT2D eigenvalue weighted by Gasteiger charge is -2.34. The average molecular weight is 574 g/mol. The molecule has 0 aliphatic carbocycles. The maximum Gasteiger partial charge on any atom is 0.311 e. The molecule has 0 bridgehead atoms. The second-order valence-corrected chi connectivity index (χ2v) is 10.9. The topological polar surface area (TPSA) is 94.4 Å². The maximum atomic E-state index is 12.9. The molecule has 3 aromatic rings. The van der Waals surface area contributed by atoms with Gasteiger partial charge in [0.05, 0.1) is 11.5 Å². The number of nitro benzene ring substituents is 1. The molecule has 3 aromatic carbocycles. The molecule has 5 rings (SSSR count). The van der Waals surface area contributed by atoms with Gasteiger partial charge in [-0.15, -0.1) is 0 Å². The zero-order valence-electron chi connectivity index (χ0n) is 24.2. The van der Waals surface area contributed by atoms with Crippen molar-refractivity contribution in [3.05, 3.63) is 88.5 Å². The van der Waals surface area contributed by atoms with Crippen LogP contribution >= 0.6 is 0 Å². The molecule has 0 radical (unpaired) electrons. The minimum atomic E-state index is -0.456. The van der Waals surface area contributed by atoms with Crippen LogP contribution < -0.4 is 14.2 Å².